The van der Waals surface area contributed by atoms with Crippen LogP contribution in [0.15, 0.2) is 35.3 Å². The van der Waals surface area contributed by atoms with E-state index < -0.39 is 40.2 Å². The van der Waals surface area contributed by atoms with Crippen LogP contribution in [0.4, 0.5) is 18.9 Å². The van der Waals surface area contributed by atoms with Crippen LogP contribution in [0, 0.1) is 17.5 Å². The van der Waals surface area contributed by atoms with E-state index in [4.69, 9.17) is 14.9 Å². The number of benzene rings is 2. The van der Waals surface area contributed by atoms with Crippen molar-refractivity contribution in [1.82, 2.24) is 9.88 Å². The van der Waals surface area contributed by atoms with Gasteiger partial charge in [-0.15, -0.1) is 12.4 Å². The van der Waals surface area contributed by atoms with Crippen LogP contribution in [0.5, 0.6) is 11.5 Å². The lowest BCUT2D eigenvalue weighted by Crippen LogP contribution is -2.45. The third-order valence-electron chi connectivity index (χ3n) is 5.22. The largest absolute Gasteiger partial charge is 0.505 e. The van der Waals surface area contributed by atoms with E-state index in [1.165, 1.54) is 7.11 Å². The SMILES string of the molecule is COc1c(N2CCN(C)CC2)c(F)cc2c(=O)c(C(=O)O)c[nH]c12.Cl.Oc1ccc(F)cc1F. The maximum absolute atomic E-state index is 14.7. The summed E-state index contributed by atoms with van der Waals surface area (Å²) in [5, 5.41) is 17.5. The number of carboxylic acids is 1. The summed E-state index contributed by atoms with van der Waals surface area (Å²) in [5.74, 6) is -3.90. The van der Waals surface area contributed by atoms with Crippen molar-refractivity contribution in [3.8, 4) is 11.5 Å². The number of H-pyrrole nitrogens is 1. The van der Waals surface area contributed by atoms with Gasteiger partial charge in [0, 0.05) is 38.4 Å². The van der Waals surface area contributed by atoms with Crippen LogP contribution < -0.4 is 15.1 Å². The van der Waals surface area contributed by atoms with E-state index in [0.29, 0.717) is 24.7 Å². The molecule has 4 rings (SSSR count). The molecule has 0 aliphatic carbocycles. The van der Waals surface area contributed by atoms with Gasteiger partial charge in [0.25, 0.3) is 0 Å². The monoisotopic (exact) mass is 501 g/mol. The van der Waals surface area contributed by atoms with Gasteiger partial charge in [-0.2, -0.15) is 0 Å². The number of hydrogen-bond donors (Lipinski definition) is 3. The Hall–Kier alpha value is -3.44. The van der Waals surface area contributed by atoms with E-state index in [1.807, 2.05) is 11.9 Å². The number of rotatable bonds is 3. The molecule has 3 N–H and O–H groups in total. The van der Waals surface area contributed by atoms with E-state index in [1.54, 1.807) is 0 Å². The van der Waals surface area contributed by atoms with Gasteiger partial charge < -0.3 is 29.7 Å². The van der Waals surface area contributed by atoms with Crippen LogP contribution in [-0.4, -0.2) is 66.4 Å². The third-order valence-corrected chi connectivity index (χ3v) is 5.22. The van der Waals surface area contributed by atoms with Crippen LogP contribution >= 0.6 is 12.4 Å². The summed E-state index contributed by atoms with van der Waals surface area (Å²) in [7, 11) is 3.40. The number of nitrogens with zero attached hydrogens (tertiary/aromatic N) is 2. The van der Waals surface area contributed by atoms with E-state index in [9.17, 15) is 22.8 Å². The summed E-state index contributed by atoms with van der Waals surface area (Å²) < 4.78 is 44.2. The first kappa shape index (κ1) is 26.8. The van der Waals surface area contributed by atoms with E-state index >= 15 is 0 Å². The number of hydrogen-bond acceptors (Lipinski definition) is 6. The first-order valence-electron chi connectivity index (χ1n) is 9.86. The summed E-state index contributed by atoms with van der Waals surface area (Å²) >= 11 is 0. The fourth-order valence-electron chi connectivity index (χ4n) is 3.46. The van der Waals surface area contributed by atoms with Gasteiger partial charge in [-0.3, -0.25) is 4.79 Å². The first-order chi connectivity index (χ1) is 15.6. The molecule has 0 saturated carbocycles. The number of fused-ring (bicyclic) bond motifs is 1. The van der Waals surface area contributed by atoms with Crippen molar-refractivity contribution in [1.29, 1.82) is 0 Å². The highest BCUT2D eigenvalue weighted by Gasteiger charge is 2.25. The Morgan fingerprint density at radius 2 is 1.74 bits per heavy atom. The van der Waals surface area contributed by atoms with Crippen molar-refractivity contribution in [2.45, 2.75) is 0 Å². The van der Waals surface area contributed by atoms with Crippen molar-refractivity contribution in [2.75, 3.05) is 45.2 Å². The molecule has 1 fully saturated rings. The number of piperazine rings is 1. The molecular weight excluding hydrogens is 479 g/mol. The van der Waals surface area contributed by atoms with Crippen molar-refractivity contribution >= 4 is 35.0 Å². The summed E-state index contributed by atoms with van der Waals surface area (Å²) in [6.45, 7) is 2.84. The number of aromatic hydroxyl groups is 1. The predicted octanol–water partition coefficient (Wildman–Crippen LogP) is 3.22. The van der Waals surface area contributed by atoms with Crippen LogP contribution in [0.25, 0.3) is 10.9 Å². The Labute approximate surface area is 198 Å². The van der Waals surface area contributed by atoms with Gasteiger partial charge in [-0.05, 0) is 25.2 Å². The second-order valence-electron chi connectivity index (χ2n) is 7.39. The predicted molar refractivity (Wildman–Crippen MR) is 123 cm³/mol. The topological polar surface area (TPSA) is 106 Å². The summed E-state index contributed by atoms with van der Waals surface area (Å²) in [6.07, 6.45) is 1.11. The summed E-state index contributed by atoms with van der Waals surface area (Å²) in [6, 6.07) is 3.65. The molecule has 34 heavy (non-hydrogen) atoms. The van der Waals surface area contributed by atoms with Gasteiger partial charge in [-0.25, -0.2) is 18.0 Å². The van der Waals surface area contributed by atoms with Crippen LogP contribution in [0.3, 0.4) is 0 Å². The summed E-state index contributed by atoms with van der Waals surface area (Å²) in [5.41, 5.74) is -0.589. The highest BCUT2D eigenvalue weighted by atomic mass is 35.5. The average molecular weight is 502 g/mol. The zero-order valence-electron chi connectivity index (χ0n) is 18.3. The number of pyridine rings is 1. The van der Waals surface area contributed by atoms with Gasteiger partial charge >= 0.3 is 5.97 Å². The number of methoxy groups -OCH3 is 1. The molecule has 184 valence electrons. The number of phenolic OH excluding ortho intramolecular Hbond substituents is 1. The van der Waals surface area contributed by atoms with Gasteiger partial charge in [0.15, 0.2) is 23.1 Å². The number of aromatic amines is 1. The molecule has 0 unspecified atom stereocenters. The molecule has 0 radical (unpaired) electrons. The fourth-order valence-corrected chi connectivity index (χ4v) is 3.46. The van der Waals surface area contributed by atoms with Gasteiger partial charge in [0.05, 0.1) is 18.0 Å². The zero-order chi connectivity index (χ0) is 24.3. The summed E-state index contributed by atoms with van der Waals surface area (Å²) in [4.78, 5) is 30.2. The second-order valence-corrected chi connectivity index (χ2v) is 7.39. The molecule has 0 spiro atoms. The standard InChI is InChI=1S/C16H18FN3O4.C6H4F2O.ClH/c1-19-3-5-20(6-4-19)13-11(17)7-9-12(15(13)24-2)18-8-10(14(9)21)16(22)23;7-4-1-2-6(9)5(8)3-4;/h7-8H,3-6H2,1-2H3,(H,18,21)(H,22,23);1-3,9H;1H. The van der Waals surface area contributed by atoms with E-state index in [2.05, 4.69) is 9.88 Å². The number of carbonyl (C=O) groups is 1. The highest BCUT2D eigenvalue weighted by Crippen LogP contribution is 2.37. The molecule has 12 heteroatoms. The van der Waals surface area contributed by atoms with Gasteiger partial charge in [0.1, 0.15) is 17.1 Å². The lowest BCUT2D eigenvalue weighted by molar-refractivity contribution is 0.0695. The zero-order valence-corrected chi connectivity index (χ0v) is 19.1. The molecule has 0 amide bonds. The van der Waals surface area contributed by atoms with Crippen molar-refractivity contribution in [3.63, 3.8) is 0 Å². The molecule has 8 nitrogen and oxygen atoms in total. The normalized spacial score (nSPS) is 13.6. The van der Waals surface area contributed by atoms with Crippen LogP contribution in [0.1, 0.15) is 10.4 Å². The minimum absolute atomic E-state index is 0. The van der Waals surface area contributed by atoms with Crippen molar-refractivity contribution in [3.05, 3.63) is 63.7 Å². The Kier molecular flexibility index (Phi) is 8.77. The number of aromatic carboxylic acids is 1. The second kappa shape index (κ2) is 11.1. The molecule has 0 bridgehead atoms. The number of ether oxygens (including phenoxy) is 1. The van der Waals surface area contributed by atoms with Crippen LogP contribution in [-0.2, 0) is 0 Å². The number of anilines is 1. The third kappa shape index (κ3) is 5.54. The molecule has 2 aromatic carbocycles. The Bertz CT molecular complexity index is 1250. The number of carboxylic acid groups (broad SMARTS) is 1. The lowest BCUT2D eigenvalue weighted by Gasteiger charge is -2.35. The molecule has 1 aromatic heterocycles. The average Bonchev–Trinajstić information content (AvgIpc) is 2.77. The number of likely N-dealkylation sites (N-methyl/N-ethyl adjacent to an activating group) is 1. The Balaban J connectivity index is 0.000000345. The molecule has 3 aromatic rings. The highest BCUT2D eigenvalue weighted by molar-refractivity contribution is 5.96. The Morgan fingerprint density at radius 1 is 1.09 bits per heavy atom. The number of nitrogens with one attached hydrogen (secondary N) is 1. The minimum Gasteiger partial charge on any atom is -0.505 e. The van der Waals surface area contributed by atoms with E-state index in [-0.39, 0.29) is 29.2 Å². The maximum Gasteiger partial charge on any atom is 0.341 e. The fraction of sp³-hybridized carbons (Fsp3) is 0.273. The first-order valence-corrected chi connectivity index (χ1v) is 9.86. The molecule has 1 aliphatic rings. The van der Waals surface area contributed by atoms with Crippen molar-refractivity contribution in [2.24, 2.45) is 0 Å². The van der Waals surface area contributed by atoms with Crippen molar-refractivity contribution < 1.29 is 32.9 Å². The minimum atomic E-state index is -1.36. The quantitative estimate of drug-likeness (QED) is 0.506. The van der Waals surface area contributed by atoms with Crippen LogP contribution in [0.2, 0.25) is 0 Å². The number of halogens is 4. The molecule has 1 saturated heterocycles. The van der Waals surface area contributed by atoms with Gasteiger partial charge in [0.2, 0.25) is 5.43 Å². The molecular formula is C22H23ClF3N3O5. The smallest absolute Gasteiger partial charge is 0.341 e. The lowest BCUT2D eigenvalue weighted by atomic mass is 10.1. The molecule has 0 atom stereocenters. The van der Waals surface area contributed by atoms with E-state index in [0.717, 1.165) is 37.5 Å². The molecule has 2 heterocycles. The maximum atomic E-state index is 14.7. The number of phenols is 1. The Morgan fingerprint density at radius 3 is 2.26 bits per heavy atom. The van der Waals surface area contributed by atoms with Gasteiger partial charge in [-0.1, -0.05) is 0 Å². The molecule has 1 aliphatic heterocycles. The number of aromatic nitrogens is 1.